The molecule has 9 heteroatoms. The van der Waals surface area contributed by atoms with Crippen LogP contribution in [0.2, 0.25) is 0 Å². The van der Waals surface area contributed by atoms with Gasteiger partial charge in [-0.1, -0.05) is 11.9 Å². The van der Waals surface area contributed by atoms with Gasteiger partial charge in [-0.05, 0) is 27.2 Å². The van der Waals surface area contributed by atoms with E-state index in [0.29, 0.717) is 11.8 Å². The van der Waals surface area contributed by atoms with Crippen LogP contribution < -0.4 is 10.3 Å². The van der Waals surface area contributed by atoms with Gasteiger partial charge in [-0.15, -0.1) is 0 Å². The molecular weight excluding hydrogens is 324 g/mol. The molecule has 9 nitrogen and oxygen atoms in total. The first kappa shape index (κ1) is 17.1. The number of aliphatic imine (C=N–C) groups is 1. The minimum atomic E-state index is -0.749. The average molecular weight is 347 g/mol. The maximum absolute atomic E-state index is 12.9. The SMILES string of the molecule is CCC(C)n1c(C)c(C)[n+]2c1N=C1C2C(=O)N(CC(N)=O)C(=O)N1C. The molecule has 3 rings (SSSR count). The minimum Gasteiger partial charge on any atom is -0.368 e. The molecule has 3 heterocycles. The normalized spacial score (nSPS) is 20.5. The van der Waals surface area contributed by atoms with Gasteiger partial charge in [0.2, 0.25) is 17.8 Å². The molecule has 4 amide bonds. The Kier molecular flexibility index (Phi) is 3.89. The largest absolute Gasteiger partial charge is 0.402 e. The average Bonchev–Trinajstić information content (AvgIpc) is 3.05. The number of nitrogens with zero attached hydrogens (tertiary/aromatic N) is 5. The van der Waals surface area contributed by atoms with Crippen LogP contribution in [0.25, 0.3) is 0 Å². The number of carbonyl (C=O) groups is 3. The van der Waals surface area contributed by atoms with Crippen LogP contribution in [0.5, 0.6) is 0 Å². The summed E-state index contributed by atoms with van der Waals surface area (Å²) < 4.78 is 3.93. The Morgan fingerprint density at radius 1 is 1.36 bits per heavy atom. The summed E-state index contributed by atoms with van der Waals surface area (Å²) in [6.45, 7) is 7.65. The van der Waals surface area contributed by atoms with Crippen molar-refractivity contribution in [2.75, 3.05) is 13.6 Å². The number of hydrogen-bond donors (Lipinski definition) is 1. The minimum absolute atomic E-state index is 0.206. The topological polar surface area (TPSA) is 105 Å². The molecule has 0 radical (unpaired) electrons. The molecule has 0 bridgehead atoms. The Morgan fingerprint density at radius 2 is 2.00 bits per heavy atom. The van der Waals surface area contributed by atoms with E-state index >= 15 is 0 Å². The van der Waals surface area contributed by atoms with Gasteiger partial charge in [-0.25, -0.2) is 13.9 Å². The molecule has 2 unspecified atom stereocenters. The number of urea groups is 1. The first-order valence-corrected chi connectivity index (χ1v) is 8.29. The van der Waals surface area contributed by atoms with E-state index < -0.39 is 30.4 Å². The van der Waals surface area contributed by atoms with Gasteiger partial charge in [0.1, 0.15) is 17.9 Å². The Balaban J connectivity index is 2.16. The van der Waals surface area contributed by atoms with Gasteiger partial charge in [-0.2, -0.15) is 0 Å². The van der Waals surface area contributed by atoms with Crippen LogP contribution in [-0.2, 0) is 9.59 Å². The molecule has 2 N–H and O–H groups in total. The van der Waals surface area contributed by atoms with Crippen molar-refractivity contribution in [3.8, 4) is 0 Å². The van der Waals surface area contributed by atoms with Crippen molar-refractivity contribution in [1.82, 2.24) is 14.4 Å². The van der Waals surface area contributed by atoms with E-state index in [0.717, 1.165) is 22.7 Å². The van der Waals surface area contributed by atoms with E-state index in [4.69, 9.17) is 5.73 Å². The molecule has 2 aliphatic rings. The highest BCUT2D eigenvalue weighted by molar-refractivity contribution is 6.19. The van der Waals surface area contributed by atoms with E-state index in [1.54, 1.807) is 7.05 Å². The van der Waals surface area contributed by atoms with Crippen LogP contribution in [0.15, 0.2) is 4.99 Å². The van der Waals surface area contributed by atoms with Crippen molar-refractivity contribution in [1.29, 1.82) is 0 Å². The number of fused-ring (bicyclic) bond motifs is 3. The number of primary amides is 1. The molecule has 1 aromatic rings. The van der Waals surface area contributed by atoms with Crippen molar-refractivity contribution in [3.63, 3.8) is 0 Å². The molecule has 1 fully saturated rings. The first-order valence-electron chi connectivity index (χ1n) is 8.29. The molecule has 134 valence electrons. The molecule has 2 aliphatic heterocycles. The fourth-order valence-electron chi connectivity index (χ4n) is 3.47. The number of amides is 4. The monoisotopic (exact) mass is 347 g/mol. The molecule has 2 atom stereocenters. The zero-order valence-electron chi connectivity index (χ0n) is 15.1. The fraction of sp³-hybridized carbons (Fsp3) is 0.562. The van der Waals surface area contributed by atoms with Crippen molar-refractivity contribution in [2.24, 2.45) is 10.7 Å². The van der Waals surface area contributed by atoms with Gasteiger partial charge in [0.25, 0.3) is 5.91 Å². The lowest BCUT2D eigenvalue weighted by atomic mass is 10.1. The van der Waals surface area contributed by atoms with Crippen molar-refractivity contribution in [2.45, 2.75) is 46.2 Å². The smallest absolute Gasteiger partial charge is 0.368 e. The number of imide groups is 1. The predicted molar refractivity (Wildman–Crippen MR) is 89.3 cm³/mol. The Morgan fingerprint density at radius 3 is 2.56 bits per heavy atom. The lowest BCUT2D eigenvalue weighted by Gasteiger charge is -2.32. The summed E-state index contributed by atoms with van der Waals surface area (Å²) in [5.74, 6) is -0.179. The summed E-state index contributed by atoms with van der Waals surface area (Å²) in [4.78, 5) is 43.5. The number of imidazole rings is 1. The van der Waals surface area contributed by atoms with E-state index in [1.807, 2.05) is 18.4 Å². The Hall–Kier alpha value is -2.71. The zero-order chi connectivity index (χ0) is 18.6. The summed E-state index contributed by atoms with van der Waals surface area (Å²) in [6.07, 6.45) is 0.911. The van der Waals surface area contributed by atoms with E-state index in [9.17, 15) is 14.4 Å². The first-order chi connectivity index (χ1) is 11.7. The number of rotatable bonds is 4. The maximum atomic E-state index is 12.9. The van der Waals surface area contributed by atoms with Gasteiger partial charge < -0.3 is 5.73 Å². The maximum Gasteiger partial charge on any atom is 0.402 e. The highest BCUT2D eigenvalue weighted by atomic mass is 16.2. The van der Waals surface area contributed by atoms with Gasteiger partial charge in [-0.3, -0.25) is 19.4 Å². The quantitative estimate of drug-likeness (QED) is 0.793. The fourth-order valence-corrected chi connectivity index (χ4v) is 3.47. The number of amidine groups is 1. The summed E-state index contributed by atoms with van der Waals surface area (Å²) in [5.41, 5.74) is 7.14. The van der Waals surface area contributed by atoms with Crippen molar-refractivity contribution >= 4 is 29.6 Å². The predicted octanol–water partition coefficient (Wildman–Crippen LogP) is 0.327. The van der Waals surface area contributed by atoms with Gasteiger partial charge in [0.05, 0.1) is 6.04 Å². The van der Waals surface area contributed by atoms with Crippen LogP contribution in [0.1, 0.15) is 43.7 Å². The van der Waals surface area contributed by atoms with Crippen LogP contribution in [0.4, 0.5) is 10.7 Å². The number of aromatic nitrogens is 2. The van der Waals surface area contributed by atoms with Gasteiger partial charge in [0, 0.05) is 7.05 Å². The number of likely N-dealkylation sites (N-methyl/N-ethyl adjacent to an activating group) is 1. The van der Waals surface area contributed by atoms with Gasteiger partial charge >= 0.3 is 12.0 Å². The lowest BCUT2D eigenvalue weighted by molar-refractivity contribution is -0.683. The molecule has 0 aliphatic carbocycles. The standard InChI is InChI=1S/C16H22N6O3/c1-6-8(2)21-9(3)10(4)22-12-13(18-15(21)22)19(5)16(25)20(14(12)24)7-11(17)23/h8,12H,6-7H2,1-5H3,(H-,17,23)/p+1. The number of nitrogens with two attached hydrogens (primary N) is 1. The third kappa shape index (κ3) is 2.25. The second kappa shape index (κ2) is 5.68. The number of carbonyl (C=O) groups excluding carboxylic acids is 3. The van der Waals surface area contributed by atoms with Crippen LogP contribution in [0.3, 0.4) is 0 Å². The van der Waals surface area contributed by atoms with Crippen LogP contribution in [-0.4, -0.2) is 51.6 Å². The highest BCUT2D eigenvalue weighted by Gasteiger charge is 2.54. The summed E-state index contributed by atoms with van der Waals surface area (Å²) in [6, 6.07) is -1.13. The molecule has 1 saturated heterocycles. The molecule has 1 aromatic heterocycles. The Bertz CT molecular complexity index is 824. The van der Waals surface area contributed by atoms with E-state index in [1.165, 1.54) is 4.90 Å². The molecule has 0 aromatic carbocycles. The van der Waals surface area contributed by atoms with Gasteiger partial charge in [0.15, 0.2) is 0 Å². The van der Waals surface area contributed by atoms with E-state index in [-0.39, 0.29) is 6.04 Å². The Labute approximate surface area is 145 Å². The highest BCUT2D eigenvalue weighted by Crippen LogP contribution is 2.33. The summed E-state index contributed by atoms with van der Waals surface area (Å²) in [7, 11) is 1.55. The van der Waals surface area contributed by atoms with Crippen molar-refractivity contribution < 1.29 is 19.0 Å². The lowest BCUT2D eigenvalue weighted by Crippen LogP contribution is -2.64. The summed E-state index contributed by atoms with van der Waals surface area (Å²) in [5, 5.41) is 0. The third-order valence-electron chi connectivity index (χ3n) is 5.10. The number of hydrogen-bond acceptors (Lipinski definition) is 4. The second-order valence-electron chi connectivity index (χ2n) is 6.57. The molecule has 25 heavy (non-hydrogen) atoms. The third-order valence-corrected chi connectivity index (χ3v) is 5.10. The van der Waals surface area contributed by atoms with Crippen LogP contribution >= 0.6 is 0 Å². The summed E-state index contributed by atoms with van der Waals surface area (Å²) >= 11 is 0. The molecule has 0 saturated carbocycles. The zero-order valence-corrected chi connectivity index (χ0v) is 15.1. The molecular formula is C16H23N6O3+. The van der Waals surface area contributed by atoms with E-state index in [2.05, 4.69) is 23.4 Å². The van der Waals surface area contributed by atoms with Crippen LogP contribution in [0, 0.1) is 13.8 Å². The second-order valence-corrected chi connectivity index (χ2v) is 6.57. The van der Waals surface area contributed by atoms with Crippen molar-refractivity contribution in [3.05, 3.63) is 11.4 Å². The molecule has 0 spiro atoms.